The fourth-order valence-corrected chi connectivity index (χ4v) is 2.64. The lowest BCUT2D eigenvalue weighted by molar-refractivity contribution is -0.145. The molecule has 2 unspecified atom stereocenters. The number of carboxylic acid groups (broad SMARTS) is 1. The first-order chi connectivity index (χ1) is 9.43. The highest BCUT2D eigenvalue weighted by Crippen LogP contribution is 2.22. The molecule has 1 amide bonds. The normalized spacial score (nSPS) is 15.4. The summed E-state index contributed by atoms with van der Waals surface area (Å²) >= 11 is 0. The molecule has 0 rings (SSSR count). The summed E-state index contributed by atoms with van der Waals surface area (Å²) in [5, 5.41) is 11.9. The monoisotopic (exact) mass is 300 g/mol. The first-order valence-corrected chi connectivity index (χ1v) is 7.73. The number of nitrogens with zero attached hydrogens (tertiary/aromatic N) is 1. The van der Waals surface area contributed by atoms with E-state index in [2.05, 4.69) is 31.0 Å². The van der Waals surface area contributed by atoms with Gasteiger partial charge in [0.1, 0.15) is 6.04 Å². The smallest absolute Gasteiger partial charge is 0.326 e. The number of carbonyl (C=O) groups excluding carboxylic acids is 1. The minimum absolute atomic E-state index is 0.103. The van der Waals surface area contributed by atoms with Gasteiger partial charge in [-0.3, -0.25) is 9.69 Å². The van der Waals surface area contributed by atoms with Crippen LogP contribution in [0, 0.1) is 11.8 Å². The van der Waals surface area contributed by atoms with Crippen molar-refractivity contribution in [2.24, 2.45) is 11.8 Å². The summed E-state index contributed by atoms with van der Waals surface area (Å²) in [7, 11) is 0. The molecule has 21 heavy (non-hydrogen) atoms. The number of rotatable bonds is 7. The molecule has 5 heteroatoms. The van der Waals surface area contributed by atoms with Gasteiger partial charge in [-0.25, -0.2) is 4.79 Å². The maximum Gasteiger partial charge on any atom is 0.326 e. The van der Waals surface area contributed by atoms with E-state index in [0.29, 0.717) is 0 Å². The predicted molar refractivity (Wildman–Crippen MR) is 85.2 cm³/mol. The Morgan fingerprint density at radius 2 is 1.57 bits per heavy atom. The van der Waals surface area contributed by atoms with Gasteiger partial charge in [0.25, 0.3) is 0 Å². The third kappa shape index (κ3) is 5.65. The van der Waals surface area contributed by atoms with Crippen molar-refractivity contribution in [3.8, 4) is 0 Å². The maximum atomic E-state index is 12.6. The summed E-state index contributed by atoms with van der Waals surface area (Å²) < 4.78 is 0. The van der Waals surface area contributed by atoms with E-state index in [1.165, 1.54) is 0 Å². The molecule has 0 bridgehead atoms. The number of hydrogen-bond donors (Lipinski definition) is 2. The summed E-state index contributed by atoms with van der Waals surface area (Å²) in [5.41, 5.74) is -0.155. The Kier molecular flexibility index (Phi) is 7.37. The Balaban J connectivity index is 5.30. The molecule has 0 aliphatic carbocycles. The molecular weight excluding hydrogens is 268 g/mol. The Labute approximate surface area is 129 Å². The number of nitrogens with one attached hydrogen (secondary N) is 1. The molecule has 0 aromatic heterocycles. The van der Waals surface area contributed by atoms with E-state index in [4.69, 9.17) is 0 Å². The highest BCUT2D eigenvalue weighted by atomic mass is 16.4. The van der Waals surface area contributed by atoms with Crippen LogP contribution in [0.4, 0.5) is 0 Å². The van der Waals surface area contributed by atoms with Gasteiger partial charge in [-0.15, -0.1) is 0 Å². The van der Waals surface area contributed by atoms with E-state index in [9.17, 15) is 14.7 Å². The molecular formula is C16H32N2O3. The van der Waals surface area contributed by atoms with Crippen LogP contribution in [0.1, 0.15) is 55.4 Å². The Hall–Kier alpha value is -1.10. The number of hydrogen-bond acceptors (Lipinski definition) is 3. The molecule has 0 aliphatic heterocycles. The topological polar surface area (TPSA) is 69.6 Å². The second-order valence-electron chi connectivity index (χ2n) is 7.21. The van der Waals surface area contributed by atoms with Gasteiger partial charge < -0.3 is 10.4 Å². The highest BCUT2D eigenvalue weighted by Gasteiger charge is 2.36. The van der Waals surface area contributed by atoms with Crippen LogP contribution in [0.15, 0.2) is 0 Å². The van der Waals surface area contributed by atoms with E-state index in [-0.39, 0.29) is 29.3 Å². The zero-order chi connectivity index (χ0) is 17.0. The highest BCUT2D eigenvalue weighted by molar-refractivity contribution is 5.87. The van der Waals surface area contributed by atoms with Crippen LogP contribution in [0.3, 0.4) is 0 Å². The zero-order valence-corrected chi connectivity index (χ0v) is 14.7. The molecule has 0 aromatic rings. The molecule has 5 nitrogen and oxygen atoms in total. The van der Waals surface area contributed by atoms with E-state index in [0.717, 1.165) is 6.54 Å². The van der Waals surface area contributed by atoms with E-state index < -0.39 is 12.0 Å². The SMILES string of the molecule is CCN(C(C(=O)NC(C(=O)O)C(C)C)C(C)C)C(C)(C)C. The molecule has 0 spiro atoms. The van der Waals surface area contributed by atoms with Crippen molar-refractivity contribution in [3.05, 3.63) is 0 Å². The maximum absolute atomic E-state index is 12.6. The summed E-state index contributed by atoms with van der Waals surface area (Å²) in [6.07, 6.45) is 0. The summed E-state index contributed by atoms with van der Waals surface area (Å²) in [5.74, 6) is -1.24. The molecule has 0 radical (unpaired) electrons. The van der Waals surface area contributed by atoms with Crippen molar-refractivity contribution < 1.29 is 14.7 Å². The minimum Gasteiger partial charge on any atom is -0.480 e. The number of likely N-dealkylation sites (N-methyl/N-ethyl adjacent to an activating group) is 1. The molecule has 0 saturated carbocycles. The first kappa shape index (κ1) is 19.9. The summed E-state index contributed by atoms with van der Waals surface area (Å²) in [4.78, 5) is 26.0. The van der Waals surface area contributed by atoms with Gasteiger partial charge in [-0.2, -0.15) is 0 Å². The summed E-state index contributed by atoms with van der Waals surface area (Å²) in [6.45, 7) is 16.5. The largest absolute Gasteiger partial charge is 0.480 e. The minimum atomic E-state index is -0.986. The van der Waals surface area contributed by atoms with E-state index >= 15 is 0 Å². The van der Waals surface area contributed by atoms with Gasteiger partial charge >= 0.3 is 5.97 Å². The van der Waals surface area contributed by atoms with Crippen LogP contribution in [0.25, 0.3) is 0 Å². The number of amides is 1. The van der Waals surface area contributed by atoms with Crippen molar-refractivity contribution in [1.82, 2.24) is 10.2 Å². The van der Waals surface area contributed by atoms with Crippen LogP contribution in [-0.4, -0.2) is 46.1 Å². The lowest BCUT2D eigenvalue weighted by Gasteiger charge is -2.42. The Morgan fingerprint density at radius 1 is 1.10 bits per heavy atom. The van der Waals surface area contributed by atoms with E-state index in [1.54, 1.807) is 13.8 Å². The Bertz CT molecular complexity index is 359. The van der Waals surface area contributed by atoms with Gasteiger partial charge in [0.2, 0.25) is 5.91 Å². The second-order valence-corrected chi connectivity index (χ2v) is 7.21. The van der Waals surface area contributed by atoms with Crippen LogP contribution >= 0.6 is 0 Å². The van der Waals surface area contributed by atoms with Gasteiger partial charge in [-0.1, -0.05) is 34.6 Å². The molecule has 0 aromatic carbocycles. The van der Waals surface area contributed by atoms with Gasteiger partial charge in [-0.05, 0) is 39.2 Å². The van der Waals surface area contributed by atoms with Gasteiger partial charge in [0.05, 0.1) is 6.04 Å². The third-order valence-electron chi connectivity index (χ3n) is 3.67. The van der Waals surface area contributed by atoms with Crippen molar-refractivity contribution in [1.29, 1.82) is 0 Å². The number of carboxylic acids is 1. The molecule has 2 atom stereocenters. The van der Waals surface area contributed by atoms with E-state index in [1.807, 2.05) is 20.8 Å². The second kappa shape index (κ2) is 7.78. The van der Waals surface area contributed by atoms with Gasteiger partial charge in [0, 0.05) is 5.54 Å². The van der Waals surface area contributed by atoms with Crippen LogP contribution in [-0.2, 0) is 9.59 Å². The average molecular weight is 300 g/mol. The molecule has 0 saturated heterocycles. The van der Waals surface area contributed by atoms with Crippen LogP contribution in [0.2, 0.25) is 0 Å². The number of carbonyl (C=O) groups is 2. The fourth-order valence-electron chi connectivity index (χ4n) is 2.64. The molecule has 0 heterocycles. The Morgan fingerprint density at radius 3 is 1.81 bits per heavy atom. The summed E-state index contributed by atoms with van der Waals surface area (Å²) in [6, 6.07) is -1.19. The predicted octanol–water partition coefficient (Wildman–Crippen LogP) is 2.36. The molecule has 2 N–H and O–H groups in total. The number of aliphatic carboxylic acids is 1. The average Bonchev–Trinajstić information content (AvgIpc) is 2.29. The molecule has 0 fully saturated rings. The van der Waals surface area contributed by atoms with Crippen molar-refractivity contribution in [3.63, 3.8) is 0 Å². The van der Waals surface area contributed by atoms with Crippen molar-refractivity contribution in [2.75, 3.05) is 6.54 Å². The van der Waals surface area contributed by atoms with Crippen LogP contribution in [0.5, 0.6) is 0 Å². The lowest BCUT2D eigenvalue weighted by atomic mass is 9.94. The first-order valence-electron chi connectivity index (χ1n) is 7.73. The fraction of sp³-hybridized carbons (Fsp3) is 0.875. The van der Waals surface area contributed by atoms with Crippen LogP contribution < -0.4 is 5.32 Å². The lowest BCUT2D eigenvalue weighted by Crippen LogP contribution is -2.59. The standard InChI is InChI=1S/C16H32N2O3/c1-9-18(16(6,7)8)13(11(4)5)14(19)17-12(10(2)3)15(20)21/h10-13H,9H2,1-8H3,(H,17,19)(H,20,21). The van der Waals surface area contributed by atoms with Crippen molar-refractivity contribution >= 4 is 11.9 Å². The third-order valence-corrected chi connectivity index (χ3v) is 3.67. The molecule has 0 aliphatic rings. The quantitative estimate of drug-likeness (QED) is 0.757. The zero-order valence-electron chi connectivity index (χ0n) is 14.7. The van der Waals surface area contributed by atoms with Crippen molar-refractivity contribution in [2.45, 2.75) is 73.0 Å². The van der Waals surface area contributed by atoms with Gasteiger partial charge in [0.15, 0.2) is 0 Å². The molecule has 124 valence electrons.